The molecule has 0 amide bonds. The Morgan fingerprint density at radius 3 is 1.63 bits per heavy atom. The van der Waals surface area contributed by atoms with E-state index in [9.17, 15) is 4.79 Å². The lowest BCUT2D eigenvalue weighted by Gasteiger charge is -2.42. The van der Waals surface area contributed by atoms with Crippen LogP contribution >= 0.6 is 0 Å². The highest BCUT2D eigenvalue weighted by atomic mass is 28.5. The highest BCUT2D eigenvalue weighted by Crippen LogP contribution is 2.47. The molecule has 288 valence electrons. The van der Waals surface area contributed by atoms with E-state index in [2.05, 4.69) is 137 Å². The second-order valence-electron chi connectivity index (χ2n) is 16.8. The van der Waals surface area contributed by atoms with Gasteiger partial charge in [0.2, 0.25) is 0 Å². The van der Waals surface area contributed by atoms with E-state index in [4.69, 9.17) is 21.5 Å². The van der Waals surface area contributed by atoms with E-state index in [1.54, 1.807) is 7.11 Å². The summed E-state index contributed by atoms with van der Waals surface area (Å²) in [6.07, 6.45) is 6.82. The maximum Gasteiger partial charge on any atom is 0.471 e. The maximum atomic E-state index is 14.0. The lowest BCUT2D eigenvalue weighted by molar-refractivity contribution is -0.148. The van der Waals surface area contributed by atoms with Gasteiger partial charge < -0.3 is 21.5 Å². The number of hydrogen-bond acceptors (Lipinski definition) is 6. The number of ether oxygens (including phenoxy) is 1. The standard InChI is InChI=1S/C42H68O6Si4/c1-12-13-17-27-38(37-25-18-14-19-26-37)35-42(39-28-20-15-21-29-39,40-30-22-16-23-31-40)34-36(2)41(43)45-32-24-33-52(46-49(4,5)6,47-50(7,8)9)48-51(10,11)44-3/h14-16,18-23,25-26,28-31,36,38H,12-13,17,24,27,32-35H2,1-11H3. The molecule has 0 radical (unpaired) electrons. The molecule has 0 N–H and O–H groups in total. The van der Waals surface area contributed by atoms with Crippen molar-refractivity contribution in [3.63, 3.8) is 0 Å². The van der Waals surface area contributed by atoms with E-state index in [0.717, 1.165) is 12.8 Å². The van der Waals surface area contributed by atoms with Crippen LogP contribution in [0.25, 0.3) is 0 Å². The Morgan fingerprint density at radius 1 is 0.673 bits per heavy atom. The quantitative estimate of drug-likeness (QED) is 0.0542. The minimum atomic E-state index is -3.14. The first kappa shape index (κ1) is 44.2. The van der Waals surface area contributed by atoms with Crippen molar-refractivity contribution in [3.05, 3.63) is 108 Å². The van der Waals surface area contributed by atoms with Crippen LogP contribution in [-0.2, 0) is 31.7 Å². The molecular weight excluding hydrogens is 713 g/mol. The fraction of sp³-hybridized carbons (Fsp3) is 0.548. The van der Waals surface area contributed by atoms with E-state index in [1.165, 1.54) is 36.0 Å². The third-order valence-corrected chi connectivity index (χ3v) is 22.0. The number of unbranched alkanes of at least 4 members (excludes halogenated alkanes) is 2. The molecule has 52 heavy (non-hydrogen) atoms. The lowest BCUT2D eigenvalue weighted by Crippen LogP contribution is -2.61. The molecule has 3 aromatic rings. The van der Waals surface area contributed by atoms with Gasteiger partial charge in [-0.3, -0.25) is 4.79 Å². The summed E-state index contributed by atoms with van der Waals surface area (Å²) in [5.74, 6) is -0.162. The molecule has 0 saturated heterocycles. The van der Waals surface area contributed by atoms with Crippen molar-refractivity contribution in [2.24, 2.45) is 5.92 Å². The SMILES string of the molecule is CCCCCC(CC(CC(C)C(=O)OCCC[Si](O[Si](C)(C)C)(O[Si](C)(C)C)O[Si](C)(C)OC)(c1ccccc1)c1ccccc1)c1ccccc1. The number of hydrogen-bond donors (Lipinski definition) is 0. The van der Waals surface area contributed by atoms with Gasteiger partial charge in [0.15, 0.2) is 16.6 Å². The van der Waals surface area contributed by atoms with Crippen LogP contribution in [0.1, 0.15) is 81.4 Å². The van der Waals surface area contributed by atoms with E-state index < -0.39 is 39.4 Å². The molecule has 3 aromatic carbocycles. The highest BCUT2D eigenvalue weighted by molar-refractivity contribution is 6.89. The molecule has 3 rings (SSSR count). The molecule has 0 fully saturated rings. The zero-order valence-corrected chi connectivity index (χ0v) is 38.1. The Bertz CT molecular complexity index is 1400. The predicted octanol–water partition coefficient (Wildman–Crippen LogP) is 11.7. The molecule has 0 aliphatic heterocycles. The third kappa shape index (κ3) is 14.2. The molecule has 2 atom stereocenters. The zero-order chi connectivity index (χ0) is 38.5. The van der Waals surface area contributed by atoms with Crippen molar-refractivity contribution in [3.8, 4) is 0 Å². The van der Waals surface area contributed by atoms with E-state index in [-0.39, 0.29) is 18.5 Å². The maximum absolute atomic E-state index is 14.0. The molecule has 0 aliphatic carbocycles. The Morgan fingerprint density at radius 2 is 1.17 bits per heavy atom. The normalized spacial score (nSPS) is 14.2. The summed E-state index contributed by atoms with van der Waals surface area (Å²) in [6.45, 7) is 21.7. The molecule has 0 saturated carbocycles. The van der Waals surface area contributed by atoms with Crippen molar-refractivity contribution in [2.75, 3.05) is 13.7 Å². The number of esters is 1. The smallest absolute Gasteiger partial charge is 0.465 e. The molecule has 0 aliphatic rings. The van der Waals surface area contributed by atoms with Crippen LogP contribution in [0.5, 0.6) is 0 Å². The summed E-state index contributed by atoms with van der Waals surface area (Å²) in [6, 6.07) is 33.2. The molecule has 0 spiro atoms. The number of benzene rings is 3. The van der Waals surface area contributed by atoms with Gasteiger partial charge in [-0.15, -0.1) is 0 Å². The number of carbonyl (C=O) groups is 1. The summed E-state index contributed by atoms with van der Waals surface area (Å²) in [5, 5.41) is 0. The van der Waals surface area contributed by atoms with Crippen LogP contribution < -0.4 is 0 Å². The van der Waals surface area contributed by atoms with Crippen molar-refractivity contribution >= 4 is 40.0 Å². The van der Waals surface area contributed by atoms with Gasteiger partial charge in [-0.25, -0.2) is 0 Å². The monoisotopic (exact) mass is 780 g/mol. The van der Waals surface area contributed by atoms with Crippen LogP contribution in [0.2, 0.25) is 58.4 Å². The van der Waals surface area contributed by atoms with Crippen LogP contribution in [0.4, 0.5) is 0 Å². The summed E-state index contributed by atoms with van der Waals surface area (Å²) in [7, 11) is -8.05. The molecular formula is C42H68O6Si4. The Hall–Kier alpha value is -2.16. The van der Waals surface area contributed by atoms with Crippen molar-refractivity contribution < 1.29 is 26.3 Å². The van der Waals surface area contributed by atoms with Gasteiger partial charge in [0.05, 0.1) is 12.5 Å². The van der Waals surface area contributed by atoms with Crippen molar-refractivity contribution in [1.82, 2.24) is 0 Å². The van der Waals surface area contributed by atoms with E-state index in [0.29, 0.717) is 24.8 Å². The summed E-state index contributed by atoms with van der Waals surface area (Å²) >= 11 is 0. The van der Waals surface area contributed by atoms with Crippen molar-refractivity contribution in [2.45, 2.75) is 129 Å². The van der Waals surface area contributed by atoms with Crippen LogP contribution in [0, 0.1) is 5.92 Å². The predicted molar refractivity (Wildman–Crippen MR) is 226 cm³/mol. The van der Waals surface area contributed by atoms with Gasteiger partial charge in [0.1, 0.15) is 0 Å². The number of carbonyl (C=O) groups excluding carboxylic acids is 1. The van der Waals surface area contributed by atoms with Gasteiger partial charge in [0.25, 0.3) is 0 Å². The van der Waals surface area contributed by atoms with Gasteiger partial charge in [-0.05, 0) is 101 Å². The second-order valence-corrected chi connectivity index (χ2v) is 32.8. The summed E-state index contributed by atoms with van der Waals surface area (Å²) in [4.78, 5) is 14.0. The van der Waals surface area contributed by atoms with E-state index >= 15 is 0 Å². The molecule has 0 bridgehead atoms. The average Bonchev–Trinajstić information content (AvgIpc) is 3.08. The first-order valence-corrected chi connectivity index (χ1v) is 31.0. The van der Waals surface area contributed by atoms with Gasteiger partial charge in [-0.2, -0.15) is 0 Å². The second kappa shape index (κ2) is 20.0. The van der Waals surface area contributed by atoms with Gasteiger partial charge in [-0.1, -0.05) is 124 Å². The van der Waals surface area contributed by atoms with Crippen molar-refractivity contribution in [1.29, 1.82) is 0 Å². The van der Waals surface area contributed by atoms with Crippen LogP contribution in [0.15, 0.2) is 91.0 Å². The Kier molecular flexibility index (Phi) is 17.0. The number of rotatable bonds is 23. The Balaban J connectivity index is 1.91. The largest absolute Gasteiger partial charge is 0.471 e. The van der Waals surface area contributed by atoms with Gasteiger partial charge in [0, 0.05) is 18.6 Å². The minimum Gasteiger partial charge on any atom is -0.465 e. The molecule has 6 nitrogen and oxygen atoms in total. The fourth-order valence-electron chi connectivity index (χ4n) is 7.18. The minimum absolute atomic E-state index is 0.171. The van der Waals surface area contributed by atoms with Crippen LogP contribution in [-0.4, -0.2) is 53.7 Å². The highest BCUT2D eigenvalue weighted by Gasteiger charge is 2.51. The van der Waals surface area contributed by atoms with Crippen LogP contribution in [0.3, 0.4) is 0 Å². The van der Waals surface area contributed by atoms with Gasteiger partial charge >= 0.3 is 23.3 Å². The fourth-order valence-corrected chi connectivity index (χ4v) is 21.4. The molecule has 10 heteroatoms. The zero-order valence-electron chi connectivity index (χ0n) is 34.1. The third-order valence-electron chi connectivity index (χ3n) is 9.42. The molecule has 0 heterocycles. The summed E-state index contributed by atoms with van der Waals surface area (Å²) < 4.78 is 32.4. The summed E-state index contributed by atoms with van der Waals surface area (Å²) in [5.41, 5.74) is 3.45. The van der Waals surface area contributed by atoms with E-state index in [1.807, 2.05) is 20.0 Å². The first-order valence-electron chi connectivity index (χ1n) is 19.4. The Labute approximate surface area is 320 Å². The first-order chi connectivity index (χ1) is 24.4. The topological polar surface area (TPSA) is 63.2 Å². The average molecular weight is 781 g/mol. The lowest BCUT2D eigenvalue weighted by atomic mass is 9.63. The molecule has 2 unspecified atom stereocenters. The molecule has 0 aromatic heterocycles.